The Bertz CT molecular complexity index is 1250. The number of rotatable bonds is 6. The molecule has 2 heterocycles. The predicted octanol–water partition coefficient (Wildman–Crippen LogP) is 3.89. The van der Waals surface area contributed by atoms with Gasteiger partial charge in [-0.1, -0.05) is 0 Å². The molecule has 1 aliphatic carbocycles. The summed E-state index contributed by atoms with van der Waals surface area (Å²) in [5.74, 6) is -4.60. The van der Waals surface area contributed by atoms with E-state index >= 15 is 0 Å². The van der Waals surface area contributed by atoms with Crippen LogP contribution in [0.3, 0.4) is 0 Å². The number of nitrogens with zero attached hydrogens (tertiary/aromatic N) is 4. The lowest BCUT2D eigenvalue weighted by molar-refractivity contribution is -0.102. The van der Waals surface area contributed by atoms with Gasteiger partial charge in [-0.15, -0.1) is 0 Å². The molecule has 1 aliphatic rings. The minimum Gasteiger partial charge on any atom is -0.487 e. The second kappa shape index (κ2) is 8.32. The van der Waals surface area contributed by atoms with E-state index in [0.717, 1.165) is 18.5 Å². The Hall–Kier alpha value is -3.15. The highest BCUT2D eigenvalue weighted by Gasteiger charge is 2.51. The van der Waals surface area contributed by atoms with Gasteiger partial charge in [0.2, 0.25) is 5.92 Å². The first-order chi connectivity index (χ1) is 15.5. The van der Waals surface area contributed by atoms with E-state index in [1.165, 1.54) is 29.2 Å². The molecule has 0 aliphatic heterocycles. The first kappa shape index (κ1) is 23.0. The molecule has 0 spiro atoms. The number of aryl methyl sites for hydroxylation is 1. The number of nitrogens with one attached hydrogen (secondary N) is 1. The summed E-state index contributed by atoms with van der Waals surface area (Å²) in [6, 6.07) is 6.28. The largest absolute Gasteiger partial charge is 0.487 e. The lowest BCUT2D eigenvalue weighted by Gasteiger charge is -2.44. The summed E-state index contributed by atoms with van der Waals surface area (Å²) >= 11 is 0. The number of halogens is 3. The minimum absolute atomic E-state index is 0.0145. The molecule has 176 valence electrons. The molecule has 0 unspecified atom stereocenters. The van der Waals surface area contributed by atoms with E-state index in [1.54, 1.807) is 20.0 Å². The van der Waals surface area contributed by atoms with E-state index in [-0.39, 0.29) is 24.4 Å². The normalized spacial score (nSPS) is 22.6. The van der Waals surface area contributed by atoms with E-state index in [1.807, 2.05) is 0 Å². The number of anilines is 1. The molecule has 4 rings (SSSR count). The van der Waals surface area contributed by atoms with Crippen LogP contribution in [0.15, 0.2) is 53.9 Å². The van der Waals surface area contributed by atoms with Crippen molar-refractivity contribution in [1.29, 1.82) is 0 Å². The highest BCUT2D eigenvalue weighted by atomic mass is 32.2. The quantitative estimate of drug-likeness (QED) is 0.574. The molecule has 12 heteroatoms. The van der Waals surface area contributed by atoms with Crippen molar-refractivity contribution in [3.63, 3.8) is 0 Å². The van der Waals surface area contributed by atoms with E-state index in [2.05, 4.69) is 19.8 Å². The number of alkyl halides is 2. The molecule has 1 saturated carbocycles. The second-order valence-electron chi connectivity index (χ2n) is 8.20. The van der Waals surface area contributed by atoms with Gasteiger partial charge in [-0.2, -0.15) is 5.10 Å². The Balaban J connectivity index is 1.61. The molecule has 0 bridgehead atoms. The third-order valence-electron chi connectivity index (χ3n) is 5.81. The molecule has 1 fully saturated rings. The molecule has 33 heavy (non-hydrogen) atoms. The molecule has 0 radical (unpaired) electrons. The second-order valence-corrected chi connectivity index (χ2v) is 9.85. The van der Waals surface area contributed by atoms with Gasteiger partial charge >= 0.3 is 0 Å². The maximum atomic E-state index is 14.8. The number of ether oxygens (including phenoxy) is 1. The number of benzene rings is 1. The molecule has 0 amide bonds. The van der Waals surface area contributed by atoms with Gasteiger partial charge < -0.3 is 4.74 Å². The summed E-state index contributed by atoms with van der Waals surface area (Å²) in [5, 5.41) is 4.07. The Labute approximate surface area is 188 Å². The van der Waals surface area contributed by atoms with Crippen molar-refractivity contribution in [3.8, 4) is 5.75 Å². The zero-order valence-corrected chi connectivity index (χ0v) is 18.7. The lowest BCUT2D eigenvalue weighted by Crippen LogP contribution is -2.47. The first-order valence-electron chi connectivity index (χ1n) is 10.1. The van der Waals surface area contributed by atoms with Crippen molar-refractivity contribution >= 4 is 15.8 Å². The average molecular weight is 482 g/mol. The molecule has 2 aromatic heterocycles. The fourth-order valence-electron chi connectivity index (χ4n) is 4.06. The van der Waals surface area contributed by atoms with Crippen LogP contribution in [0.4, 0.5) is 19.0 Å². The molecule has 0 saturated heterocycles. The van der Waals surface area contributed by atoms with Gasteiger partial charge in [0.25, 0.3) is 10.0 Å². The Morgan fingerprint density at radius 1 is 1.18 bits per heavy atom. The fourth-order valence-corrected chi connectivity index (χ4v) is 5.13. The zero-order chi connectivity index (χ0) is 23.9. The van der Waals surface area contributed by atoms with Crippen molar-refractivity contribution < 1.29 is 26.3 Å². The van der Waals surface area contributed by atoms with Crippen molar-refractivity contribution in [2.75, 3.05) is 4.72 Å². The first-order valence-corrected chi connectivity index (χ1v) is 11.6. The maximum absolute atomic E-state index is 14.8. The van der Waals surface area contributed by atoms with Crippen molar-refractivity contribution in [2.24, 2.45) is 7.05 Å². The lowest BCUT2D eigenvalue weighted by atomic mass is 9.73. The summed E-state index contributed by atoms with van der Waals surface area (Å²) in [6.45, 7) is 1.69. The fraction of sp³-hybridized carbons (Fsp3) is 0.381. The molecule has 1 aromatic carbocycles. The number of aromatic nitrogens is 4. The summed E-state index contributed by atoms with van der Waals surface area (Å²) in [7, 11) is -2.60. The van der Waals surface area contributed by atoms with Crippen LogP contribution >= 0.6 is 0 Å². The Morgan fingerprint density at radius 2 is 1.97 bits per heavy atom. The molecule has 3 aromatic rings. The molecule has 1 N–H and O–H groups in total. The standard InChI is InChI=1S/C21H22F3N5O3S/c1-20(7-8-21(23,24)12-15(20)17-5-10-27-29(17)2)32-14-3-4-18(16(22)11-14)33(30,31)28-19-6-9-25-13-26-19/h3-6,9-11,13,15H,7-8,12H2,1-2H3,(H,25,26,28)/t15-,20+/m1/s1. The van der Waals surface area contributed by atoms with Crippen LogP contribution in [-0.4, -0.2) is 39.7 Å². The highest BCUT2D eigenvalue weighted by molar-refractivity contribution is 7.92. The van der Waals surface area contributed by atoms with E-state index in [4.69, 9.17) is 4.74 Å². The van der Waals surface area contributed by atoms with E-state index in [0.29, 0.717) is 5.69 Å². The summed E-state index contributed by atoms with van der Waals surface area (Å²) in [5.41, 5.74) is -0.507. The van der Waals surface area contributed by atoms with Crippen LogP contribution in [0.25, 0.3) is 0 Å². The Kier molecular flexibility index (Phi) is 5.81. The molecular weight excluding hydrogens is 459 g/mol. The topological polar surface area (TPSA) is 99.0 Å². The van der Waals surface area contributed by atoms with Gasteiger partial charge in [0.15, 0.2) is 0 Å². The summed E-state index contributed by atoms with van der Waals surface area (Å²) in [4.78, 5) is 6.85. The minimum atomic E-state index is -4.26. The van der Waals surface area contributed by atoms with Crippen LogP contribution in [-0.2, 0) is 17.1 Å². The molecule has 2 atom stereocenters. The highest BCUT2D eigenvalue weighted by Crippen LogP contribution is 2.49. The number of hydrogen-bond donors (Lipinski definition) is 1. The monoisotopic (exact) mass is 481 g/mol. The number of hydrogen-bond acceptors (Lipinski definition) is 6. The van der Waals surface area contributed by atoms with Gasteiger partial charge in [-0.05, 0) is 37.6 Å². The van der Waals surface area contributed by atoms with Gasteiger partial charge in [0.05, 0.1) is 0 Å². The van der Waals surface area contributed by atoms with Crippen molar-refractivity contribution in [1.82, 2.24) is 19.7 Å². The average Bonchev–Trinajstić information content (AvgIpc) is 3.16. The summed E-state index contributed by atoms with van der Waals surface area (Å²) < 4.78 is 78.2. The Morgan fingerprint density at radius 3 is 2.61 bits per heavy atom. The van der Waals surface area contributed by atoms with Crippen LogP contribution in [0.2, 0.25) is 0 Å². The van der Waals surface area contributed by atoms with Crippen LogP contribution in [0, 0.1) is 5.82 Å². The van der Waals surface area contributed by atoms with Gasteiger partial charge in [0.1, 0.15) is 34.2 Å². The SMILES string of the molecule is Cn1nccc1[C@H]1CC(F)(F)CC[C@]1(C)Oc1ccc(S(=O)(=O)Nc2ccncn2)c(F)c1. The van der Waals surface area contributed by atoms with E-state index in [9.17, 15) is 21.6 Å². The van der Waals surface area contributed by atoms with Crippen LogP contribution < -0.4 is 9.46 Å². The smallest absolute Gasteiger partial charge is 0.265 e. The molecule has 8 nitrogen and oxygen atoms in total. The van der Waals surface area contributed by atoms with Crippen molar-refractivity contribution in [3.05, 3.63) is 60.6 Å². The predicted molar refractivity (Wildman–Crippen MR) is 113 cm³/mol. The van der Waals surface area contributed by atoms with Gasteiger partial charge in [0, 0.05) is 50.0 Å². The van der Waals surface area contributed by atoms with Crippen molar-refractivity contribution in [2.45, 2.75) is 48.5 Å². The number of sulfonamides is 1. The third-order valence-corrected chi connectivity index (χ3v) is 7.20. The van der Waals surface area contributed by atoms with E-state index < -0.39 is 44.6 Å². The zero-order valence-electron chi connectivity index (χ0n) is 17.9. The van der Waals surface area contributed by atoms with Gasteiger partial charge in [-0.3, -0.25) is 9.40 Å². The maximum Gasteiger partial charge on any atom is 0.265 e. The summed E-state index contributed by atoms with van der Waals surface area (Å²) in [6.07, 6.45) is 3.21. The molecular formula is C21H22F3N5O3S. The van der Waals surface area contributed by atoms with Crippen LogP contribution in [0.1, 0.15) is 37.8 Å². The third kappa shape index (κ3) is 4.80. The van der Waals surface area contributed by atoms with Gasteiger partial charge in [-0.25, -0.2) is 31.6 Å². The van der Waals surface area contributed by atoms with Crippen LogP contribution in [0.5, 0.6) is 5.75 Å².